The van der Waals surface area contributed by atoms with Crippen LogP contribution in [0.1, 0.15) is 29.3 Å². The fourth-order valence-electron chi connectivity index (χ4n) is 3.13. The Morgan fingerprint density at radius 2 is 2.15 bits per heavy atom. The van der Waals surface area contributed by atoms with Crippen molar-refractivity contribution in [1.82, 2.24) is 19.9 Å². The molecule has 26 heavy (non-hydrogen) atoms. The normalized spacial score (nSPS) is 14.5. The SMILES string of the molecule is COc1nccc(CC(c2cnc[nH]2)c2cccc3c2OCCCO3)n1. The molecule has 1 aliphatic heterocycles. The zero-order valence-corrected chi connectivity index (χ0v) is 14.5. The third-order valence-electron chi connectivity index (χ3n) is 4.36. The molecule has 1 atom stereocenters. The fourth-order valence-corrected chi connectivity index (χ4v) is 3.13. The summed E-state index contributed by atoms with van der Waals surface area (Å²) in [6, 6.07) is 8.26. The maximum absolute atomic E-state index is 6.02. The van der Waals surface area contributed by atoms with E-state index < -0.39 is 0 Å². The maximum atomic E-state index is 6.02. The smallest absolute Gasteiger partial charge is 0.316 e. The third-order valence-corrected chi connectivity index (χ3v) is 4.36. The summed E-state index contributed by atoms with van der Waals surface area (Å²) < 4.78 is 17.0. The van der Waals surface area contributed by atoms with Gasteiger partial charge in [0.1, 0.15) is 0 Å². The molecule has 2 aromatic heterocycles. The minimum absolute atomic E-state index is 0.00578. The number of aromatic nitrogens is 4. The number of para-hydroxylation sites is 1. The minimum atomic E-state index is -0.00578. The first-order valence-electron chi connectivity index (χ1n) is 8.58. The van der Waals surface area contributed by atoms with Crippen LogP contribution in [0.25, 0.3) is 0 Å². The molecule has 7 nitrogen and oxygen atoms in total. The Morgan fingerprint density at radius 1 is 1.23 bits per heavy atom. The largest absolute Gasteiger partial charge is 0.490 e. The molecule has 0 aliphatic carbocycles. The molecule has 1 unspecified atom stereocenters. The van der Waals surface area contributed by atoms with Crippen LogP contribution in [-0.4, -0.2) is 40.3 Å². The second kappa shape index (κ2) is 7.43. The zero-order chi connectivity index (χ0) is 17.8. The molecule has 4 rings (SSSR count). The number of rotatable bonds is 5. The van der Waals surface area contributed by atoms with Crippen LogP contribution in [0.3, 0.4) is 0 Å². The second-order valence-corrected chi connectivity index (χ2v) is 6.02. The summed E-state index contributed by atoms with van der Waals surface area (Å²) in [5.74, 6) is 1.57. The summed E-state index contributed by atoms with van der Waals surface area (Å²) in [5, 5.41) is 0. The van der Waals surface area contributed by atoms with Gasteiger partial charge in [-0.15, -0.1) is 0 Å². The molecule has 1 aliphatic rings. The first kappa shape index (κ1) is 16.4. The Bertz CT molecular complexity index is 867. The fraction of sp³-hybridized carbons (Fsp3) is 0.316. The molecule has 134 valence electrons. The number of fused-ring (bicyclic) bond motifs is 1. The number of hydrogen-bond donors (Lipinski definition) is 1. The number of hydrogen-bond acceptors (Lipinski definition) is 6. The van der Waals surface area contributed by atoms with Gasteiger partial charge in [0.05, 0.1) is 26.7 Å². The van der Waals surface area contributed by atoms with Gasteiger partial charge in [-0.3, -0.25) is 0 Å². The first-order valence-corrected chi connectivity index (χ1v) is 8.58. The van der Waals surface area contributed by atoms with E-state index >= 15 is 0 Å². The van der Waals surface area contributed by atoms with Crippen LogP contribution in [0.4, 0.5) is 0 Å². The number of H-pyrrole nitrogens is 1. The molecule has 0 saturated heterocycles. The van der Waals surface area contributed by atoms with Gasteiger partial charge >= 0.3 is 6.01 Å². The monoisotopic (exact) mass is 352 g/mol. The molecular formula is C19H20N4O3. The molecule has 0 fully saturated rings. The van der Waals surface area contributed by atoms with Crippen molar-refractivity contribution in [1.29, 1.82) is 0 Å². The molecule has 7 heteroatoms. The minimum Gasteiger partial charge on any atom is -0.490 e. The summed E-state index contributed by atoms with van der Waals surface area (Å²) in [5.41, 5.74) is 2.92. The molecular weight excluding hydrogens is 332 g/mol. The number of methoxy groups -OCH3 is 1. The van der Waals surface area contributed by atoms with E-state index in [2.05, 4.69) is 26.0 Å². The first-order chi connectivity index (χ1) is 12.8. The summed E-state index contributed by atoms with van der Waals surface area (Å²) in [4.78, 5) is 16.0. The van der Waals surface area contributed by atoms with E-state index in [1.54, 1.807) is 19.6 Å². The van der Waals surface area contributed by atoms with Gasteiger partial charge in [-0.1, -0.05) is 12.1 Å². The summed E-state index contributed by atoms with van der Waals surface area (Å²) in [6.45, 7) is 1.30. The lowest BCUT2D eigenvalue weighted by atomic mass is 9.90. The molecule has 0 saturated carbocycles. The number of aromatic amines is 1. The number of nitrogens with zero attached hydrogens (tertiary/aromatic N) is 3. The van der Waals surface area contributed by atoms with Crippen molar-refractivity contribution in [3.05, 3.63) is 59.9 Å². The predicted molar refractivity (Wildman–Crippen MR) is 94.8 cm³/mol. The number of imidazole rings is 1. The van der Waals surface area contributed by atoms with Crippen LogP contribution in [0, 0.1) is 0 Å². The van der Waals surface area contributed by atoms with Gasteiger partial charge < -0.3 is 19.2 Å². The van der Waals surface area contributed by atoms with Gasteiger partial charge in [0.25, 0.3) is 0 Å². The van der Waals surface area contributed by atoms with Crippen LogP contribution >= 0.6 is 0 Å². The molecule has 3 aromatic rings. The van der Waals surface area contributed by atoms with Gasteiger partial charge in [0, 0.05) is 48.1 Å². The van der Waals surface area contributed by atoms with Gasteiger partial charge in [-0.05, 0) is 12.1 Å². The molecule has 1 N–H and O–H groups in total. The Morgan fingerprint density at radius 3 is 3.00 bits per heavy atom. The van der Waals surface area contributed by atoms with E-state index in [-0.39, 0.29) is 5.92 Å². The van der Waals surface area contributed by atoms with Crippen molar-refractivity contribution >= 4 is 0 Å². The summed E-state index contributed by atoms with van der Waals surface area (Å²) >= 11 is 0. The maximum Gasteiger partial charge on any atom is 0.316 e. The molecule has 0 bridgehead atoms. The van der Waals surface area contributed by atoms with E-state index in [0.29, 0.717) is 25.6 Å². The Hall–Kier alpha value is -3.09. The van der Waals surface area contributed by atoms with E-state index in [9.17, 15) is 0 Å². The lowest BCUT2D eigenvalue weighted by Crippen LogP contribution is -2.10. The Kier molecular flexibility index (Phi) is 4.68. The summed E-state index contributed by atoms with van der Waals surface area (Å²) in [7, 11) is 1.56. The predicted octanol–water partition coefficient (Wildman–Crippen LogP) is 2.74. The van der Waals surface area contributed by atoms with Crippen LogP contribution in [0.5, 0.6) is 17.5 Å². The van der Waals surface area contributed by atoms with Gasteiger partial charge in [-0.2, -0.15) is 0 Å². The Labute approximate surface area is 151 Å². The van der Waals surface area contributed by atoms with E-state index in [4.69, 9.17) is 14.2 Å². The lowest BCUT2D eigenvalue weighted by Gasteiger charge is -2.20. The highest BCUT2D eigenvalue weighted by Crippen LogP contribution is 2.40. The van der Waals surface area contributed by atoms with Crippen molar-refractivity contribution in [2.75, 3.05) is 20.3 Å². The van der Waals surface area contributed by atoms with Crippen molar-refractivity contribution < 1.29 is 14.2 Å². The lowest BCUT2D eigenvalue weighted by molar-refractivity contribution is 0.295. The van der Waals surface area contributed by atoms with Crippen molar-refractivity contribution in [2.45, 2.75) is 18.8 Å². The van der Waals surface area contributed by atoms with Crippen molar-refractivity contribution in [2.24, 2.45) is 0 Å². The van der Waals surface area contributed by atoms with Crippen molar-refractivity contribution in [3.8, 4) is 17.5 Å². The number of nitrogens with one attached hydrogen (secondary N) is 1. The van der Waals surface area contributed by atoms with Gasteiger partial charge in [-0.25, -0.2) is 15.0 Å². The van der Waals surface area contributed by atoms with Crippen LogP contribution in [0.15, 0.2) is 43.0 Å². The highest BCUT2D eigenvalue weighted by molar-refractivity contribution is 5.51. The summed E-state index contributed by atoms with van der Waals surface area (Å²) in [6.07, 6.45) is 6.74. The zero-order valence-electron chi connectivity index (χ0n) is 14.5. The van der Waals surface area contributed by atoms with Gasteiger partial charge in [0.15, 0.2) is 11.5 Å². The number of ether oxygens (including phenoxy) is 3. The number of benzene rings is 1. The topological polar surface area (TPSA) is 82.2 Å². The van der Waals surface area contributed by atoms with E-state index in [0.717, 1.165) is 34.9 Å². The molecule has 3 heterocycles. The standard InChI is InChI=1S/C19H20N4O3/c1-24-19-21-7-6-13(23-19)10-15(16-11-20-12-22-16)14-4-2-5-17-18(14)26-9-3-8-25-17/h2,4-7,11-12,15H,3,8-10H2,1H3,(H,20,22). The average molecular weight is 352 g/mol. The van der Waals surface area contributed by atoms with E-state index in [1.807, 2.05) is 24.4 Å². The highest BCUT2D eigenvalue weighted by Gasteiger charge is 2.24. The van der Waals surface area contributed by atoms with Crippen LogP contribution < -0.4 is 14.2 Å². The van der Waals surface area contributed by atoms with Crippen molar-refractivity contribution in [3.63, 3.8) is 0 Å². The molecule has 0 spiro atoms. The van der Waals surface area contributed by atoms with E-state index in [1.165, 1.54) is 0 Å². The molecule has 1 aromatic carbocycles. The van der Waals surface area contributed by atoms with Crippen LogP contribution in [-0.2, 0) is 6.42 Å². The van der Waals surface area contributed by atoms with Crippen LogP contribution in [0.2, 0.25) is 0 Å². The van der Waals surface area contributed by atoms with Gasteiger partial charge in [0.2, 0.25) is 0 Å². The highest BCUT2D eigenvalue weighted by atomic mass is 16.5. The quantitative estimate of drug-likeness (QED) is 0.760. The second-order valence-electron chi connectivity index (χ2n) is 6.02. The average Bonchev–Trinajstić information content (AvgIpc) is 3.10. The third kappa shape index (κ3) is 3.33. The molecule has 0 radical (unpaired) electrons. The Balaban J connectivity index is 1.75. The molecule has 0 amide bonds.